The van der Waals surface area contributed by atoms with Crippen LogP contribution < -0.4 is 43.4 Å². The fourth-order valence-electron chi connectivity index (χ4n) is 11.1. The molecule has 4 aromatic rings. The van der Waals surface area contributed by atoms with Gasteiger partial charge in [-0.3, -0.25) is 19.4 Å². The first-order chi connectivity index (χ1) is 35.6. The number of benzene rings is 2. The van der Waals surface area contributed by atoms with Crippen LogP contribution in [0.4, 0.5) is 75.5 Å². The molecular weight excluding hydrogens is 1050 g/mol. The monoisotopic (exact) mass is 1110 g/mol. The number of carbonyl (C=O) groups excluding carboxylic acids is 2. The van der Waals surface area contributed by atoms with Gasteiger partial charge in [0.25, 0.3) is 0 Å². The van der Waals surface area contributed by atoms with Crippen molar-refractivity contribution in [3.8, 4) is 0 Å². The SMILES string of the molecule is CC1(C)C[C@H](Nc2nc(Cl)ncc2F)C[C@@H]2CCCN21.CC1(C)C[C@H](Nc2nc(Nc3ccc(NCC(CCl)C(N)=O)c(C(F)(F)F)c3)ncc2F)C[C@@H]2CCCN21.NC(=O)C1CN(c2ccc(N)cc2C(F)(F)F)C1. The molecule has 5 aliphatic heterocycles. The van der Waals surface area contributed by atoms with Crippen molar-refractivity contribution in [2.75, 3.05) is 70.5 Å². The van der Waals surface area contributed by atoms with Crippen LogP contribution >= 0.6 is 23.2 Å². The van der Waals surface area contributed by atoms with Crippen LogP contribution in [0.2, 0.25) is 5.28 Å². The molecule has 0 bridgehead atoms. The van der Waals surface area contributed by atoms with E-state index in [1.165, 1.54) is 48.6 Å². The van der Waals surface area contributed by atoms with Crippen LogP contribution in [-0.2, 0) is 21.9 Å². The minimum atomic E-state index is -4.69. The van der Waals surface area contributed by atoms with Crippen LogP contribution in [0.3, 0.4) is 0 Å². The van der Waals surface area contributed by atoms with Gasteiger partial charge >= 0.3 is 12.4 Å². The van der Waals surface area contributed by atoms with E-state index in [9.17, 15) is 44.7 Å². The lowest BCUT2D eigenvalue weighted by atomic mass is 9.84. The Morgan fingerprint density at radius 2 is 1.34 bits per heavy atom. The number of aromatic nitrogens is 4. The summed E-state index contributed by atoms with van der Waals surface area (Å²) in [5.74, 6) is -3.45. The van der Waals surface area contributed by atoms with E-state index in [0.29, 0.717) is 12.1 Å². The largest absolute Gasteiger partial charge is 0.418 e. The van der Waals surface area contributed by atoms with E-state index < -0.39 is 52.8 Å². The number of rotatable bonds is 13. The maximum Gasteiger partial charge on any atom is 0.418 e. The van der Waals surface area contributed by atoms with E-state index in [-0.39, 0.29) is 100 Å². The molecular formula is C50H64Cl2F8N14O2. The molecule has 9 rings (SSSR count). The maximum atomic E-state index is 14.6. The number of hydrogen-bond donors (Lipinski definition) is 7. The highest BCUT2D eigenvalue weighted by molar-refractivity contribution is 6.28. The summed E-state index contributed by atoms with van der Waals surface area (Å²) < 4.78 is 108. The predicted octanol–water partition coefficient (Wildman–Crippen LogP) is 9.24. The van der Waals surface area contributed by atoms with Crippen LogP contribution in [0.5, 0.6) is 0 Å². The van der Waals surface area contributed by atoms with Crippen molar-refractivity contribution >= 4 is 75.3 Å². The molecule has 5 saturated heterocycles. The van der Waals surface area contributed by atoms with E-state index >= 15 is 0 Å². The number of alkyl halides is 7. The summed E-state index contributed by atoms with van der Waals surface area (Å²) in [6.45, 7) is 11.4. The number of nitrogens with zero attached hydrogens (tertiary/aromatic N) is 7. The highest BCUT2D eigenvalue weighted by Crippen LogP contribution is 2.43. The Kier molecular flexibility index (Phi) is 17.9. The Bertz CT molecular complexity index is 2700. The van der Waals surface area contributed by atoms with Gasteiger partial charge in [0.05, 0.1) is 35.4 Å². The van der Waals surface area contributed by atoms with Crippen molar-refractivity contribution in [1.82, 2.24) is 29.7 Å². The molecule has 1 unspecified atom stereocenters. The first kappa shape index (κ1) is 58.0. The quantitative estimate of drug-likeness (QED) is 0.0287. The second-order valence-corrected chi connectivity index (χ2v) is 21.8. The molecule has 0 saturated carbocycles. The Morgan fingerprint density at radius 3 is 1.87 bits per heavy atom. The third kappa shape index (κ3) is 14.2. The molecule has 0 spiro atoms. The third-order valence-electron chi connectivity index (χ3n) is 14.7. The van der Waals surface area contributed by atoms with Crippen LogP contribution in [0.25, 0.3) is 0 Å². The number of carbonyl (C=O) groups is 2. The summed E-state index contributed by atoms with van der Waals surface area (Å²) >= 11 is 11.4. The zero-order valence-corrected chi connectivity index (χ0v) is 44.0. The Morgan fingerprint density at radius 1 is 0.789 bits per heavy atom. The molecule has 5 fully saturated rings. The molecule has 10 N–H and O–H groups in total. The normalized spacial score (nSPS) is 22.6. The van der Waals surface area contributed by atoms with Crippen molar-refractivity contribution in [3.05, 3.63) is 76.8 Å². The Labute approximate surface area is 445 Å². The molecule has 0 radical (unpaired) electrons. The number of nitrogens with two attached hydrogens (primary N) is 3. The van der Waals surface area contributed by atoms with Crippen molar-refractivity contribution in [3.63, 3.8) is 0 Å². The molecule has 16 nitrogen and oxygen atoms in total. The Balaban J connectivity index is 0.000000184. The average Bonchev–Trinajstić information content (AvgIpc) is 4.00. The second kappa shape index (κ2) is 23.5. The average molecular weight is 1120 g/mol. The highest BCUT2D eigenvalue weighted by atomic mass is 35.5. The topological polar surface area (TPSA) is 222 Å². The maximum absolute atomic E-state index is 14.6. The lowest BCUT2D eigenvalue weighted by Gasteiger charge is -2.47. The standard InChI is InChI=1S/C25H32ClF4N7O.C14H20ClFN4.C11H12F3N3O/c1-24(2)10-16(8-17-4-3-7-37(17)24)34-22-19(27)13-33-23(36-22)35-15-5-6-20(18(9-15)25(28,29)30)32-12-14(11-26)21(31)38;1-14(2)7-9(6-10-4-3-5-20(10)14)18-12-11(16)8-17-13(15)19-12;12-11(13,14)8-3-7(15)1-2-9(8)17-4-6(5-17)10(16)18/h5-6,9,13-14,16-17,32H,3-4,7-8,10-12H2,1-2H3,(H2,31,38)(H2,33,34,35,36);8-10H,3-7H2,1-2H3,(H,17,18,19);1-3,6H,4-5,15H2,(H2,16,18)/t14?,16-,17+;9-,10+;/m11./s1. The van der Waals surface area contributed by atoms with E-state index in [1.54, 1.807) is 0 Å². The molecule has 416 valence electrons. The summed E-state index contributed by atoms with van der Waals surface area (Å²) in [5, 5.41) is 11.8. The molecule has 5 aliphatic rings. The molecule has 26 heteroatoms. The second-order valence-electron chi connectivity index (χ2n) is 21.2. The van der Waals surface area contributed by atoms with Crippen LogP contribution in [0.1, 0.15) is 90.2 Å². The summed E-state index contributed by atoms with van der Waals surface area (Å²) in [7, 11) is 0. The minimum Gasteiger partial charge on any atom is -0.399 e. The van der Waals surface area contributed by atoms with E-state index in [4.69, 9.17) is 40.4 Å². The van der Waals surface area contributed by atoms with Gasteiger partial charge in [-0.05, 0) is 140 Å². The zero-order valence-electron chi connectivity index (χ0n) is 42.4. The first-order valence-corrected chi connectivity index (χ1v) is 25.9. The summed E-state index contributed by atoms with van der Waals surface area (Å²) in [6.07, 6.45) is 1.35. The van der Waals surface area contributed by atoms with E-state index in [1.807, 2.05) is 0 Å². The minimum absolute atomic E-state index is 0.000931. The molecule has 0 aliphatic carbocycles. The van der Waals surface area contributed by atoms with Crippen molar-refractivity contribution in [2.24, 2.45) is 23.3 Å². The number of fused-ring (bicyclic) bond motifs is 2. The summed E-state index contributed by atoms with van der Waals surface area (Å²) in [5.41, 5.74) is 13.9. The number of anilines is 7. The van der Waals surface area contributed by atoms with Gasteiger partial charge in [-0.25, -0.2) is 18.7 Å². The molecule has 76 heavy (non-hydrogen) atoms. The van der Waals surface area contributed by atoms with Gasteiger partial charge in [0.2, 0.25) is 23.0 Å². The number of nitrogens with one attached hydrogen (secondary N) is 4. The van der Waals surface area contributed by atoms with Crippen LogP contribution in [0, 0.1) is 23.5 Å². The van der Waals surface area contributed by atoms with Gasteiger partial charge in [-0.1, -0.05) is 0 Å². The van der Waals surface area contributed by atoms with Crippen molar-refractivity contribution in [1.29, 1.82) is 0 Å². The molecule has 2 amide bonds. The smallest absolute Gasteiger partial charge is 0.399 e. The van der Waals surface area contributed by atoms with E-state index in [2.05, 4.69) is 78.7 Å². The highest BCUT2D eigenvalue weighted by Gasteiger charge is 2.45. The summed E-state index contributed by atoms with van der Waals surface area (Å²) in [6, 6.07) is 8.37. The lowest BCUT2D eigenvalue weighted by molar-refractivity contribution is -0.137. The number of primary amides is 2. The van der Waals surface area contributed by atoms with Gasteiger partial charge in [-0.2, -0.15) is 36.3 Å². The number of piperidine rings is 2. The summed E-state index contributed by atoms with van der Waals surface area (Å²) in [4.78, 5) is 44.5. The molecule has 2 aromatic heterocycles. The van der Waals surface area contributed by atoms with Crippen LogP contribution in [0.15, 0.2) is 48.8 Å². The first-order valence-electron chi connectivity index (χ1n) is 25.0. The number of nitrogen functional groups attached to an aromatic ring is 1. The number of amides is 2. The van der Waals surface area contributed by atoms with Crippen molar-refractivity contribution < 1.29 is 44.7 Å². The van der Waals surface area contributed by atoms with Gasteiger partial charge in [-0.15, -0.1) is 11.6 Å². The van der Waals surface area contributed by atoms with Gasteiger partial charge in [0.1, 0.15) is 0 Å². The van der Waals surface area contributed by atoms with Gasteiger partial charge < -0.3 is 43.4 Å². The third-order valence-corrected chi connectivity index (χ3v) is 15.3. The predicted molar refractivity (Wildman–Crippen MR) is 277 cm³/mol. The van der Waals surface area contributed by atoms with Crippen molar-refractivity contribution in [2.45, 2.75) is 127 Å². The van der Waals surface area contributed by atoms with Gasteiger partial charge in [0.15, 0.2) is 23.3 Å². The lowest BCUT2D eigenvalue weighted by Crippen LogP contribution is -2.55. The van der Waals surface area contributed by atoms with E-state index in [0.717, 1.165) is 69.6 Å². The molecule has 7 heterocycles. The zero-order chi connectivity index (χ0) is 55.5. The molecule has 5 atom stereocenters. The molecule has 2 aromatic carbocycles. The number of halogens is 10. The van der Waals surface area contributed by atoms with Crippen LogP contribution in [-0.4, -0.2) is 115 Å². The Hall–Kier alpha value is -5.72. The van der Waals surface area contributed by atoms with Gasteiger partial charge in [0, 0.05) is 83.5 Å². The fraction of sp³-hybridized carbons (Fsp3) is 0.560. The fourth-order valence-corrected chi connectivity index (χ4v) is 11.5. The number of hydrogen-bond acceptors (Lipinski definition) is 14.